The molecule has 0 radical (unpaired) electrons. The van der Waals surface area contributed by atoms with Crippen molar-refractivity contribution < 1.29 is 0 Å². The van der Waals surface area contributed by atoms with E-state index in [0.29, 0.717) is 17.2 Å². The minimum absolute atomic E-state index is 0.421. The van der Waals surface area contributed by atoms with Crippen molar-refractivity contribution in [3.05, 3.63) is 17.6 Å². The third-order valence-electron chi connectivity index (χ3n) is 2.35. The van der Waals surface area contributed by atoms with E-state index in [2.05, 4.69) is 16.0 Å². The average Bonchev–Trinajstić information content (AvgIpc) is 2.41. The Balaban J connectivity index is 3.04. The zero-order valence-electron chi connectivity index (χ0n) is 7.94. The van der Waals surface area contributed by atoms with Crippen LogP contribution >= 0.6 is 0 Å². The van der Waals surface area contributed by atoms with Crippen molar-refractivity contribution >= 4 is 16.9 Å². The predicted octanol–water partition coefficient (Wildman–Crippen LogP) is 0.731. The molecule has 0 saturated carbocycles. The second kappa shape index (κ2) is 2.70. The Morgan fingerprint density at radius 2 is 2.21 bits per heavy atom. The van der Waals surface area contributed by atoms with Crippen molar-refractivity contribution in [1.82, 2.24) is 14.5 Å². The minimum atomic E-state index is 0.421. The summed E-state index contributed by atoms with van der Waals surface area (Å²) in [5.41, 5.74) is 7.83. The number of anilines is 1. The summed E-state index contributed by atoms with van der Waals surface area (Å²) in [7, 11) is 1.79. The lowest BCUT2D eigenvalue weighted by Gasteiger charge is -1.96. The number of aromatic nitrogens is 3. The second-order valence-corrected chi connectivity index (χ2v) is 3.10. The molecule has 70 valence electrons. The lowest BCUT2D eigenvalue weighted by molar-refractivity contribution is 0.920. The first-order valence-electron chi connectivity index (χ1n) is 4.12. The number of hydrogen-bond acceptors (Lipinski definition) is 4. The first-order chi connectivity index (χ1) is 6.66. The second-order valence-electron chi connectivity index (χ2n) is 3.10. The van der Waals surface area contributed by atoms with Crippen molar-refractivity contribution in [1.29, 1.82) is 5.26 Å². The molecule has 2 N–H and O–H groups in total. The summed E-state index contributed by atoms with van der Waals surface area (Å²) in [6.07, 6.45) is 1.40. The molecule has 0 atom stereocenters. The minimum Gasteiger partial charge on any atom is -0.383 e. The van der Waals surface area contributed by atoms with E-state index in [1.165, 1.54) is 6.33 Å². The Kier molecular flexibility index (Phi) is 1.64. The number of rotatable bonds is 0. The Hall–Kier alpha value is -2.09. The number of nitrogens with two attached hydrogens (primary N) is 1. The molecule has 0 unspecified atom stereocenters. The third kappa shape index (κ3) is 0.879. The van der Waals surface area contributed by atoms with Crippen LogP contribution in [0, 0.1) is 18.3 Å². The van der Waals surface area contributed by atoms with Gasteiger partial charge in [0.2, 0.25) is 0 Å². The van der Waals surface area contributed by atoms with Crippen LogP contribution in [0.2, 0.25) is 0 Å². The van der Waals surface area contributed by atoms with Gasteiger partial charge in [-0.2, -0.15) is 5.26 Å². The van der Waals surface area contributed by atoms with Gasteiger partial charge in [-0.3, -0.25) is 0 Å². The number of fused-ring (bicyclic) bond motifs is 1. The van der Waals surface area contributed by atoms with E-state index >= 15 is 0 Å². The van der Waals surface area contributed by atoms with Crippen LogP contribution in [0.4, 0.5) is 5.82 Å². The Bertz CT molecular complexity index is 546. The highest BCUT2D eigenvalue weighted by Gasteiger charge is 2.14. The van der Waals surface area contributed by atoms with E-state index < -0.39 is 0 Å². The quantitative estimate of drug-likeness (QED) is 0.659. The molecule has 0 aliphatic heterocycles. The zero-order chi connectivity index (χ0) is 10.3. The molecule has 2 heterocycles. The van der Waals surface area contributed by atoms with Gasteiger partial charge in [-0.15, -0.1) is 0 Å². The molecule has 2 aromatic heterocycles. The summed E-state index contributed by atoms with van der Waals surface area (Å²) in [5.74, 6) is 0.421. The van der Waals surface area contributed by atoms with Gasteiger partial charge in [0.05, 0.1) is 5.39 Å². The van der Waals surface area contributed by atoms with Crippen LogP contribution in [0.25, 0.3) is 11.0 Å². The number of aryl methyl sites for hydroxylation is 2. The summed E-state index contributed by atoms with van der Waals surface area (Å²) >= 11 is 0. The molecule has 2 aromatic rings. The van der Waals surface area contributed by atoms with Gasteiger partial charge in [-0.05, 0) is 12.5 Å². The van der Waals surface area contributed by atoms with E-state index in [9.17, 15) is 0 Å². The SMILES string of the molecule is Cc1c(C#N)n(C)c2ncnc(N)c12. The normalized spacial score (nSPS) is 10.4. The molecule has 0 spiro atoms. The van der Waals surface area contributed by atoms with E-state index in [0.717, 1.165) is 10.9 Å². The van der Waals surface area contributed by atoms with Crippen LogP contribution in [0.5, 0.6) is 0 Å². The molecule has 0 aromatic carbocycles. The lowest BCUT2D eigenvalue weighted by atomic mass is 10.2. The fourth-order valence-corrected chi connectivity index (χ4v) is 1.64. The molecule has 0 fully saturated rings. The number of nitriles is 1. The molecular formula is C9H9N5. The standard InChI is InChI=1S/C9H9N5/c1-5-6(3-10)14(2)9-7(5)8(11)12-4-13-9/h4H,1-2H3,(H2,11,12,13). The van der Waals surface area contributed by atoms with Gasteiger partial charge in [-0.25, -0.2) is 9.97 Å². The summed E-state index contributed by atoms with van der Waals surface area (Å²) in [4.78, 5) is 7.99. The highest BCUT2D eigenvalue weighted by atomic mass is 15.1. The molecule has 0 amide bonds. The van der Waals surface area contributed by atoms with E-state index in [4.69, 9.17) is 11.0 Å². The van der Waals surface area contributed by atoms with Crippen LogP contribution in [0.1, 0.15) is 11.3 Å². The Labute approximate surface area is 80.8 Å². The van der Waals surface area contributed by atoms with Gasteiger partial charge in [-0.1, -0.05) is 0 Å². The molecular weight excluding hydrogens is 178 g/mol. The zero-order valence-corrected chi connectivity index (χ0v) is 7.94. The van der Waals surface area contributed by atoms with E-state index in [1.54, 1.807) is 11.6 Å². The summed E-state index contributed by atoms with van der Waals surface area (Å²) in [6, 6.07) is 2.12. The highest BCUT2D eigenvalue weighted by Crippen LogP contribution is 2.25. The fourth-order valence-electron chi connectivity index (χ4n) is 1.64. The van der Waals surface area contributed by atoms with Gasteiger partial charge in [0.1, 0.15) is 29.6 Å². The molecule has 0 bridgehead atoms. The third-order valence-corrected chi connectivity index (χ3v) is 2.35. The van der Waals surface area contributed by atoms with Crippen molar-refractivity contribution in [2.75, 3.05) is 5.73 Å². The molecule has 0 aliphatic rings. The van der Waals surface area contributed by atoms with Crippen LogP contribution in [-0.2, 0) is 7.05 Å². The molecule has 0 aliphatic carbocycles. The lowest BCUT2D eigenvalue weighted by Crippen LogP contribution is -1.95. The molecule has 5 nitrogen and oxygen atoms in total. The Morgan fingerprint density at radius 3 is 2.79 bits per heavy atom. The van der Waals surface area contributed by atoms with E-state index in [1.807, 2.05) is 6.92 Å². The van der Waals surface area contributed by atoms with Gasteiger partial charge < -0.3 is 10.3 Å². The van der Waals surface area contributed by atoms with Crippen molar-refractivity contribution in [2.24, 2.45) is 7.05 Å². The van der Waals surface area contributed by atoms with Gasteiger partial charge in [0.25, 0.3) is 0 Å². The van der Waals surface area contributed by atoms with Crippen molar-refractivity contribution in [3.63, 3.8) is 0 Å². The molecule has 2 rings (SSSR count). The summed E-state index contributed by atoms with van der Waals surface area (Å²) in [5, 5.41) is 9.70. The molecule has 14 heavy (non-hydrogen) atoms. The molecule has 5 heteroatoms. The van der Waals surface area contributed by atoms with Gasteiger partial charge >= 0.3 is 0 Å². The summed E-state index contributed by atoms with van der Waals surface area (Å²) < 4.78 is 1.72. The van der Waals surface area contributed by atoms with Crippen LogP contribution in [-0.4, -0.2) is 14.5 Å². The number of nitrogen functional groups attached to an aromatic ring is 1. The Morgan fingerprint density at radius 1 is 1.50 bits per heavy atom. The predicted molar refractivity (Wildman–Crippen MR) is 52.4 cm³/mol. The largest absolute Gasteiger partial charge is 0.383 e. The van der Waals surface area contributed by atoms with Gasteiger partial charge in [0.15, 0.2) is 0 Å². The highest BCUT2D eigenvalue weighted by molar-refractivity contribution is 5.91. The monoisotopic (exact) mass is 187 g/mol. The number of nitrogens with zero attached hydrogens (tertiary/aromatic N) is 4. The molecule has 0 saturated heterocycles. The van der Waals surface area contributed by atoms with Gasteiger partial charge in [0, 0.05) is 7.05 Å². The number of hydrogen-bond donors (Lipinski definition) is 1. The average molecular weight is 187 g/mol. The first kappa shape index (κ1) is 8.51. The fraction of sp³-hybridized carbons (Fsp3) is 0.222. The maximum Gasteiger partial charge on any atom is 0.146 e. The maximum atomic E-state index is 8.93. The summed E-state index contributed by atoms with van der Waals surface area (Å²) in [6.45, 7) is 1.85. The van der Waals surface area contributed by atoms with Crippen molar-refractivity contribution in [3.8, 4) is 6.07 Å². The van der Waals surface area contributed by atoms with Crippen LogP contribution in [0.15, 0.2) is 6.33 Å². The van der Waals surface area contributed by atoms with Crippen molar-refractivity contribution in [2.45, 2.75) is 6.92 Å². The maximum absolute atomic E-state index is 8.93. The van der Waals surface area contributed by atoms with E-state index in [-0.39, 0.29) is 0 Å². The van der Waals surface area contributed by atoms with Crippen LogP contribution in [0.3, 0.4) is 0 Å². The first-order valence-corrected chi connectivity index (χ1v) is 4.12. The smallest absolute Gasteiger partial charge is 0.146 e. The van der Waals surface area contributed by atoms with Crippen LogP contribution < -0.4 is 5.73 Å². The topological polar surface area (TPSA) is 80.5 Å².